The van der Waals surface area contributed by atoms with E-state index in [2.05, 4.69) is 15.3 Å². The minimum atomic E-state index is -0.454. The predicted octanol–water partition coefficient (Wildman–Crippen LogP) is 2.97. The molecule has 0 saturated carbocycles. The first kappa shape index (κ1) is 11.9. The van der Waals surface area contributed by atoms with Crippen LogP contribution in [-0.2, 0) is 0 Å². The Labute approximate surface area is 103 Å². The van der Waals surface area contributed by atoms with Gasteiger partial charge in [0, 0.05) is 11.8 Å². The third-order valence-electron chi connectivity index (χ3n) is 2.49. The van der Waals surface area contributed by atoms with Crippen LogP contribution in [-0.4, -0.2) is 27.5 Å². The summed E-state index contributed by atoms with van der Waals surface area (Å²) in [5.74, 6) is 0.940. The van der Waals surface area contributed by atoms with E-state index in [1.54, 1.807) is 0 Å². The second-order valence-corrected chi connectivity index (χ2v) is 5.45. The quantitative estimate of drug-likeness (QED) is 0.849. The zero-order valence-corrected chi connectivity index (χ0v) is 10.3. The topological polar surface area (TPSA) is 37.8 Å². The third kappa shape index (κ3) is 3.22. The van der Waals surface area contributed by atoms with Crippen LogP contribution in [0.2, 0.25) is 5.28 Å². The van der Waals surface area contributed by atoms with Crippen molar-refractivity contribution in [1.29, 1.82) is 0 Å². The van der Waals surface area contributed by atoms with Crippen LogP contribution < -0.4 is 5.32 Å². The van der Waals surface area contributed by atoms with Crippen molar-refractivity contribution in [3.05, 3.63) is 17.3 Å². The SMILES string of the molecule is Fc1cnc(Cl)nc1NCC1CCCCS1. The number of aromatic nitrogens is 2. The van der Waals surface area contributed by atoms with Gasteiger partial charge in [-0.15, -0.1) is 0 Å². The number of hydrogen-bond acceptors (Lipinski definition) is 4. The number of nitrogens with zero attached hydrogens (tertiary/aromatic N) is 2. The lowest BCUT2D eigenvalue weighted by Crippen LogP contribution is -2.21. The second-order valence-electron chi connectivity index (χ2n) is 3.71. The molecule has 88 valence electrons. The van der Waals surface area contributed by atoms with E-state index in [0.717, 1.165) is 12.7 Å². The number of anilines is 1. The fourth-order valence-corrected chi connectivity index (χ4v) is 3.02. The standard InChI is InChI=1S/C10H13ClFN3S/c11-10-14-6-8(12)9(15-10)13-5-7-3-1-2-4-16-7/h6-7H,1-5H2,(H,13,14,15). The van der Waals surface area contributed by atoms with E-state index < -0.39 is 5.82 Å². The molecule has 0 aromatic carbocycles. The summed E-state index contributed by atoms with van der Waals surface area (Å²) in [6, 6.07) is 0. The Kier molecular flexibility index (Phi) is 4.23. The first-order valence-electron chi connectivity index (χ1n) is 5.29. The van der Waals surface area contributed by atoms with Gasteiger partial charge in [0.1, 0.15) is 0 Å². The fourth-order valence-electron chi connectivity index (χ4n) is 1.65. The Morgan fingerprint density at radius 3 is 3.19 bits per heavy atom. The van der Waals surface area contributed by atoms with Crippen LogP contribution in [0.3, 0.4) is 0 Å². The van der Waals surface area contributed by atoms with Crippen molar-refractivity contribution in [2.75, 3.05) is 17.6 Å². The van der Waals surface area contributed by atoms with Gasteiger partial charge in [-0.05, 0) is 30.2 Å². The molecule has 1 aliphatic rings. The third-order valence-corrected chi connectivity index (χ3v) is 4.07. The van der Waals surface area contributed by atoms with E-state index in [1.807, 2.05) is 11.8 Å². The molecule has 1 N–H and O–H groups in total. The molecule has 0 spiro atoms. The highest BCUT2D eigenvalue weighted by Crippen LogP contribution is 2.25. The summed E-state index contributed by atoms with van der Waals surface area (Å²) in [4.78, 5) is 7.38. The van der Waals surface area contributed by atoms with E-state index in [4.69, 9.17) is 11.6 Å². The van der Waals surface area contributed by atoms with Gasteiger partial charge < -0.3 is 5.32 Å². The van der Waals surface area contributed by atoms with Gasteiger partial charge in [-0.2, -0.15) is 16.7 Å². The molecule has 1 fully saturated rings. The second kappa shape index (κ2) is 5.68. The minimum absolute atomic E-state index is 0.0696. The van der Waals surface area contributed by atoms with E-state index in [-0.39, 0.29) is 11.1 Å². The molecule has 0 bridgehead atoms. The molecule has 0 radical (unpaired) electrons. The zero-order valence-electron chi connectivity index (χ0n) is 8.75. The Hall–Kier alpha value is -0.550. The molecule has 1 aromatic heterocycles. The summed E-state index contributed by atoms with van der Waals surface area (Å²) in [7, 11) is 0. The van der Waals surface area contributed by atoms with Gasteiger partial charge in [-0.3, -0.25) is 0 Å². The Balaban J connectivity index is 1.90. The predicted molar refractivity (Wildman–Crippen MR) is 65.6 cm³/mol. The molecule has 1 aliphatic heterocycles. The van der Waals surface area contributed by atoms with Crippen molar-refractivity contribution in [2.24, 2.45) is 0 Å². The van der Waals surface area contributed by atoms with Gasteiger partial charge in [-0.1, -0.05) is 6.42 Å². The van der Waals surface area contributed by atoms with Crippen LogP contribution in [0.25, 0.3) is 0 Å². The first-order valence-corrected chi connectivity index (χ1v) is 6.72. The Morgan fingerprint density at radius 2 is 2.44 bits per heavy atom. The van der Waals surface area contributed by atoms with Gasteiger partial charge in [0.05, 0.1) is 6.20 Å². The number of halogens is 2. The molecule has 0 amide bonds. The summed E-state index contributed by atoms with van der Waals surface area (Å²) < 4.78 is 13.3. The van der Waals surface area contributed by atoms with Crippen LogP contribution in [0.15, 0.2) is 6.20 Å². The summed E-state index contributed by atoms with van der Waals surface area (Å²) in [6.45, 7) is 0.731. The molecule has 1 atom stereocenters. The number of thioether (sulfide) groups is 1. The lowest BCUT2D eigenvalue weighted by atomic mass is 10.2. The molecule has 2 rings (SSSR count). The highest BCUT2D eigenvalue weighted by atomic mass is 35.5. The maximum Gasteiger partial charge on any atom is 0.224 e. The van der Waals surface area contributed by atoms with Gasteiger partial charge in [0.15, 0.2) is 11.6 Å². The first-order chi connectivity index (χ1) is 7.75. The summed E-state index contributed by atoms with van der Waals surface area (Å²) in [6.07, 6.45) is 4.81. The molecule has 2 heterocycles. The summed E-state index contributed by atoms with van der Waals surface area (Å²) in [5, 5.41) is 3.61. The van der Waals surface area contributed by atoms with Crippen LogP contribution in [0, 0.1) is 5.82 Å². The molecular weight excluding hydrogens is 249 g/mol. The van der Waals surface area contributed by atoms with E-state index in [0.29, 0.717) is 5.25 Å². The van der Waals surface area contributed by atoms with Crippen molar-refractivity contribution in [3.8, 4) is 0 Å². The van der Waals surface area contributed by atoms with E-state index >= 15 is 0 Å². The van der Waals surface area contributed by atoms with Gasteiger partial charge in [0.2, 0.25) is 5.28 Å². The van der Waals surface area contributed by atoms with Gasteiger partial charge >= 0.3 is 0 Å². The zero-order chi connectivity index (χ0) is 11.4. The van der Waals surface area contributed by atoms with Gasteiger partial charge in [-0.25, -0.2) is 9.37 Å². The van der Waals surface area contributed by atoms with Crippen LogP contribution in [0.5, 0.6) is 0 Å². The highest BCUT2D eigenvalue weighted by molar-refractivity contribution is 7.99. The molecule has 1 unspecified atom stereocenters. The largest absolute Gasteiger partial charge is 0.366 e. The van der Waals surface area contributed by atoms with Crippen molar-refractivity contribution in [1.82, 2.24) is 9.97 Å². The fraction of sp³-hybridized carbons (Fsp3) is 0.600. The van der Waals surface area contributed by atoms with Crippen molar-refractivity contribution in [3.63, 3.8) is 0 Å². The average Bonchev–Trinajstić information content (AvgIpc) is 2.32. The molecule has 6 heteroatoms. The van der Waals surface area contributed by atoms with Crippen LogP contribution >= 0.6 is 23.4 Å². The van der Waals surface area contributed by atoms with Crippen molar-refractivity contribution in [2.45, 2.75) is 24.5 Å². The Morgan fingerprint density at radius 1 is 1.56 bits per heavy atom. The van der Waals surface area contributed by atoms with Crippen LogP contribution in [0.4, 0.5) is 10.2 Å². The highest BCUT2D eigenvalue weighted by Gasteiger charge is 2.14. The molecule has 16 heavy (non-hydrogen) atoms. The lowest BCUT2D eigenvalue weighted by molar-refractivity contribution is 0.614. The van der Waals surface area contributed by atoms with Crippen molar-refractivity contribution >= 4 is 29.2 Å². The number of nitrogens with one attached hydrogen (secondary N) is 1. The van der Waals surface area contributed by atoms with E-state index in [9.17, 15) is 4.39 Å². The lowest BCUT2D eigenvalue weighted by Gasteiger charge is -2.21. The van der Waals surface area contributed by atoms with Crippen LogP contribution in [0.1, 0.15) is 19.3 Å². The molecule has 1 aromatic rings. The molecule has 0 aliphatic carbocycles. The van der Waals surface area contributed by atoms with Gasteiger partial charge in [0.25, 0.3) is 0 Å². The monoisotopic (exact) mass is 261 g/mol. The molecule has 3 nitrogen and oxygen atoms in total. The maximum absolute atomic E-state index is 13.3. The number of hydrogen-bond donors (Lipinski definition) is 1. The smallest absolute Gasteiger partial charge is 0.224 e. The summed E-state index contributed by atoms with van der Waals surface area (Å²) in [5.41, 5.74) is 0. The minimum Gasteiger partial charge on any atom is -0.366 e. The average molecular weight is 262 g/mol. The van der Waals surface area contributed by atoms with Crippen molar-refractivity contribution < 1.29 is 4.39 Å². The number of rotatable bonds is 3. The summed E-state index contributed by atoms with van der Waals surface area (Å²) >= 11 is 7.54. The molecular formula is C10H13ClFN3S. The maximum atomic E-state index is 13.3. The van der Waals surface area contributed by atoms with E-state index in [1.165, 1.54) is 25.0 Å². The Bertz CT molecular complexity index is 358. The normalized spacial score (nSPS) is 20.8. The molecule has 1 saturated heterocycles.